The molecule has 0 heterocycles. The van der Waals surface area contributed by atoms with E-state index in [4.69, 9.17) is 12.7 Å². The van der Waals surface area contributed by atoms with Crippen LogP contribution in [0.3, 0.4) is 0 Å². The first-order chi connectivity index (χ1) is 39.3. The first-order valence-corrected chi connectivity index (χ1v) is 50.5. The minimum atomic E-state index is -2.31. The van der Waals surface area contributed by atoms with Gasteiger partial charge in [-0.25, -0.2) is 0 Å². The van der Waals surface area contributed by atoms with Gasteiger partial charge in [0.2, 0.25) is 0 Å². The van der Waals surface area contributed by atoms with E-state index in [2.05, 4.69) is 230 Å². The van der Waals surface area contributed by atoms with Crippen molar-refractivity contribution in [3.05, 3.63) is 226 Å². The van der Waals surface area contributed by atoms with Crippen molar-refractivity contribution in [1.29, 1.82) is 0 Å². The molecule has 0 radical (unpaired) electrons. The summed E-state index contributed by atoms with van der Waals surface area (Å²) < 4.78 is 21.9. The van der Waals surface area contributed by atoms with Gasteiger partial charge in [-0.15, -0.1) is 0 Å². The number of hydrogen-bond donors (Lipinski definition) is 0. The summed E-state index contributed by atoms with van der Waals surface area (Å²) in [6.07, 6.45) is 21.0. The van der Waals surface area contributed by atoms with Crippen LogP contribution in [-0.4, -0.2) is 56.8 Å². The van der Waals surface area contributed by atoms with Crippen LogP contribution >= 0.6 is 0 Å². The first-order valence-electron chi connectivity index (χ1n) is 32.0. The Balaban J connectivity index is 0.795. The van der Waals surface area contributed by atoms with E-state index in [0.717, 1.165) is 38.5 Å². The molecule has 6 aromatic carbocycles. The molecular formula is C74H96O3Si6. The normalized spacial score (nSPS) is 22.5. The van der Waals surface area contributed by atoms with Crippen LogP contribution in [0.2, 0.25) is 102 Å². The fourth-order valence-electron chi connectivity index (χ4n) is 15.9. The molecule has 0 N–H and O–H groups in total. The Hall–Kier alpha value is -4.28. The summed E-state index contributed by atoms with van der Waals surface area (Å²) in [5, 5.41) is 0. The van der Waals surface area contributed by atoms with Crippen molar-refractivity contribution in [3.63, 3.8) is 0 Å². The van der Waals surface area contributed by atoms with Crippen molar-refractivity contribution >= 4 is 67.9 Å². The summed E-state index contributed by atoms with van der Waals surface area (Å²) in [7, 11) is -10.3. The molecule has 0 aliphatic heterocycles. The smallest absolute Gasteiger partial charge is 0.198 e. The van der Waals surface area contributed by atoms with Crippen LogP contribution in [0.4, 0.5) is 0 Å². The molecule has 6 aliphatic carbocycles. The molecule has 9 heteroatoms. The predicted octanol–water partition coefficient (Wildman–Crippen LogP) is 18.8. The van der Waals surface area contributed by atoms with Crippen molar-refractivity contribution in [3.8, 4) is 0 Å². The average molecular weight is 1200 g/mol. The highest BCUT2D eigenvalue weighted by Crippen LogP contribution is 2.52. The quantitative estimate of drug-likeness (QED) is 0.0852. The van der Waals surface area contributed by atoms with Crippen molar-refractivity contribution < 1.29 is 12.7 Å². The van der Waals surface area contributed by atoms with Gasteiger partial charge in [-0.2, -0.15) is 0 Å². The molecule has 0 amide bonds. The summed E-state index contributed by atoms with van der Waals surface area (Å²) >= 11 is 0. The molecule has 6 unspecified atom stereocenters. The zero-order valence-corrected chi connectivity index (χ0v) is 59.0. The highest BCUT2D eigenvalue weighted by molar-refractivity contribution is 6.89. The molecule has 0 saturated carbocycles. The molecule has 6 aromatic rings. The molecule has 0 fully saturated rings. The van der Waals surface area contributed by atoms with Crippen molar-refractivity contribution in [2.45, 2.75) is 197 Å². The molecule has 6 aliphatic rings. The zero-order valence-electron chi connectivity index (χ0n) is 53.0. The zero-order chi connectivity index (χ0) is 58.4. The Morgan fingerprint density at radius 3 is 1.01 bits per heavy atom. The van der Waals surface area contributed by atoms with Gasteiger partial charge >= 0.3 is 0 Å². The maximum atomic E-state index is 7.82. The fraction of sp³-hybridized carbons (Fsp3) is 0.432. The van der Waals surface area contributed by atoms with Gasteiger partial charge in [0.1, 0.15) is 0 Å². The molecule has 434 valence electrons. The number of rotatable bonds is 17. The molecule has 6 atom stereocenters. The Kier molecular flexibility index (Phi) is 16.0. The van der Waals surface area contributed by atoms with Crippen LogP contribution in [0, 0.1) is 0 Å². The molecule has 0 saturated heterocycles. The maximum Gasteiger partial charge on any atom is 0.198 e. The summed E-state index contributed by atoms with van der Waals surface area (Å²) in [5.41, 5.74) is 36.0. The van der Waals surface area contributed by atoms with Crippen LogP contribution in [0.5, 0.6) is 0 Å². The Morgan fingerprint density at radius 2 is 0.614 bits per heavy atom. The molecule has 0 spiro atoms. The minimum absolute atomic E-state index is 0.429. The van der Waals surface area contributed by atoms with E-state index in [0.29, 0.717) is 34.4 Å². The van der Waals surface area contributed by atoms with Crippen LogP contribution in [0.25, 0.3) is 18.2 Å². The molecule has 12 rings (SSSR count). The van der Waals surface area contributed by atoms with E-state index in [1.165, 1.54) is 105 Å². The Morgan fingerprint density at radius 1 is 0.313 bits per heavy atom. The van der Waals surface area contributed by atoms with Crippen molar-refractivity contribution in [1.82, 2.24) is 0 Å². The third kappa shape index (κ3) is 12.6. The second-order valence-corrected chi connectivity index (χ2v) is 56.4. The molecule has 83 heavy (non-hydrogen) atoms. The van der Waals surface area contributed by atoms with E-state index in [9.17, 15) is 0 Å². The second-order valence-electron chi connectivity index (χ2n) is 30.3. The summed E-state index contributed by atoms with van der Waals surface area (Å²) in [6, 6.07) is 44.6. The topological polar surface area (TPSA) is 27.7 Å². The number of benzene rings is 6. The van der Waals surface area contributed by atoms with E-state index in [1.54, 1.807) is 33.4 Å². The van der Waals surface area contributed by atoms with Gasteiger partial charge in [-0.3, -0.25) is 0 Å². The van der Waals surface area contributed by atoms with Crippen LogP contribution in [0.15, 0.2) is 126 Å². The Labute approximate surface area is 507 Å². The standard InChI is InChI=1S/C74H96O3Si6/c1-75-81(9,10)72-48-61-20-17-51(33-36-78(2,3)4)40-66(61)46-70(72)65-32-29-62-49-73(71(47-68(62)44-65)64-31-25-56-23-28-59(56)43-64)82(11,12)76-80(7,8)38-35-53-16-19-60-45-69(63-30-24-55-22-27-58(55)42-63)74(50-67(60)41-53)83(13,14)77-79(5,6)37-34-52-15-18-54-21-26-57(54)39-52/h15-20,24-25,29-44,69-74H,21-23,26-28,45-50H2,1-14H3/b36-33+,37-34+,38-35+. The van der Waals surface area contributed by atoms with Crippen LogP contribution in [-0.2, 0) is 89.7 Å². The van der Waals surface area contributed by atoms with E-state index in [-0.39, 0.29) is 0 Å². The lowest BCUT2D eigenvalue weighted by atomic mass is 9.74. The van der Waals surface area contributed by atoms with Gasteiger partial charge in [0, 0.05) is 7.11 Å². The molecule has 0 aromatic heterocycles. The van der Waals surface area contributed by atoms with Crippen LogP contribution < -0.4 is 0 Å². The second kappa shape index (κ2) is 22.5. The van der Waals surface area contributed by atoms with E-state index >= 15 is 0 Å². The number of fused-ring (bicyclic) bond motifs is 6. The lowest BCUT2D eigenvalue weighted by Crippen LogP contribution is -2.50. The van der Waals surface area contributed by atoms with Gasteiger partial charge in [0.05, 0.1) is 8.07 Å². The SMILES string of the molecule is CO[Si](C)(C)C1Cc2ccc(/C=C/[Si](C)(C)C)cc2CC1c1ccc2c(c1)CC(c1ccc3c(c1)CC3)C([Si](C)(C)O[Si](C)(C)/C=C/c1ccc3c(c1)CC([Si](C)(C)O[Si](C)(C)/C=C/c1ccc4c(c1)CC4)C(c1ccc4c(c1)CC4)C3)C2. The lowest BCUT2D eigenvalue weighted by Gasteiger charge is -2.45. The highest BCUT2D eigenvalue weighted by atomic mass is 28.4. The van der Waals surface area contributed by atoms with Gasteiger partial charge in [0.15, 0.2) is 41.6 Å². The van der Waals surface area contributed by atoms with E-state index in [1.807, 2.05) is 7.11 Å². The molecular weight excluding hydrogens is 1110 g/mol. The van der Waals surface area contributed by atoms with Gasteiger partial charge in [-0.05, 0) is 277 Å². The number of aryl methyl sites for hydroxylation is 6. The van der Waals surface area contributed by atoms with Crippen LogP contribution in [0.1, 0.15) is 118 Å². The summed E-state index contributed by atoms with van der Waals surface area (Å²) in [4.78, 5) is 0. The van der Waals surface area contributed by atoms with Crippen molar-refractivity contribution in [2.75, 3.05) is 7.11 Å². The van der Waals surface area contributed by atoms with Crippen molar-refractivity contribution in [2.24, 2.45) is 0 Å². The summed E-state index contributed by atoms with van der Waals surface area (Å²) in [6.45, 7) is 32.2. The third-order valence-corrected chi connectivity index (χ3v) is 40.9. The first kappa shape index (κ1) is 59.1. The lowest BCUT2D eigenvalue weighted by molar-refractivity contribution is 0.372. The average Bonchev–Trinajstić information content (AvgIpc) is 3.05. The predicted molar refractivity (Wildman–Crippen MR) is 370 cm³/mol. The highest BCUT2D eigenvalue weighted by Gasteiger charge is 2.48. The third-order valence-electron chi connectivity index (χ3n) is 21.1. The minimum Gasteiger partial charge on any atom is -0.452 e. The Bertz CT molecular complexity index is 3560. The number of hydrogen-bond acceptors (Lipinski definition) is 3. The van der Waals surface area contributed by atoms with Gasteiger partial charge in [-0.1, -0.05) is 164 Å². The largest absolute Gasteiger partial charge is 0.452 e. The van der Waals surface area contributed by atoms with E-state index < -0.39 is 49.7 Å². The molecule has 3 nitrogen and oxygen atoms in total. The van der Waals surface area contributed by atoms with Gasteiger partial charge in [0.25, 0.3) is 0 Å². The molecule has 0 bridgehead atoms. The summed E-state index contributed by atoms with van der Waals surface area (Å²) in [5.74, 6) is 1.33. The monoisotopic (exact) mass is 1200 g/mol. The fourth-order valence-corrected chi connectivity index (χ4v) is 36.7. The van der Waals surface area contributed by atoms with Gasteiger partial charge < -0.3 is 12.7 Å². The maximum absolute atomic E-state index is 7.82.